The summed E-state index contributed by atoms with van der Waals surface area (Å²) in [4.78, 5) is 0. The molecule has 5 heteroatoms. The molecule has 0 aliphatic carbocycles. The third-order valence-electron chi connectivity index (χ3n) is 3.91. The lowest BCUT2D eigenvalue weighted by molar-refractivity contribution is -0.580. The maximum Gasteiger partial charge on any atom is 0.738 e. The van der Waals surface area contributed by atoms with Gasteiger partial charge in [-0.1, -0.05) is 42.5 Å². The lowest BCUT2D eigenvalue weighted by atomic mass is 9.99. The molecule has 0 radical (unpaired) electrons. The number of fused-ring (bicyclic) bond motifs is 1. The smallest absolute Gasteiger partial charge is 0.601 e. The molecule has 1 fully saturated rings. The molecule has 2 aromatic carbocycles. The lowest BCUT2D eigenvalue weighted by Crippen LogP contribution is -3.04. The van der Waals surface area contributed by atoms with E-state index in [-0.39, 0.29) is 12.1 Å². The number of rotatable bonds is 1. The molecule has 1 spiro atoms. The van der Waals surface area contributed by atoms with E-state index >= 15 is 0 Å². The summed E-state index contributed by atoms with van der Waals surface area (Å²) in [5, 5.41) is 2.05. The number of hydrogen-bond donors (Lipinski definition) is 1. The van der Waals surface area contributed by atoms with E-state index in [1.807, 2.05) is 42.5 Å². The van der Waals surface area contributed by atoms with Crippen LogP contribution < -0.4 is 14.5 Å². The Morgan fingerprint density at radius 1 is 0.900 bits per heavy atom. The maximum absolute atomic E-state index is 6.15. The first-order valence-electron chi connectivity index (χ1n) is 6.96. The van der Waals surface area contributed by atoms with Gasteiger partial charge in [0.2, 0.25) is 0 Å². The summed E-state index contributed by atoms with van der Waals surface area (Å²) >= 11 is 0. The molecule has 2 aromatic rings. The van der Waals surface area contributed by atoms with Crippen molar-refractivity contribution in [2.45, 2.75) is 19.1 Å². The molecule has 2 atom stereocenters. The van der Waals surface area contributed by atoms with Crippen LogP contribution in [0.5, 0.6) is 11.5 Å². The van der Waals surface area contributed by atoms with Gasteiger partial charge in [0.25, 0.3) is 0 Å². The average Bonchev–Trinajstić information content (AvgIpc) is 2.99. The van der Waals surface area contributed by atoms with Crippen LogP contribution in [0.4, 0.5) is 0 Å². The minimum absolute atomic E-state index is 0.0227. The van der Waals surface area contributed by atoms with Crippen molar-refractivity contribution >= 4 is 6.89 Å². The molecule has 0 aromatic heterocycles. The Bertz CT molecular complexity index is 609. The minimum Gasteiger partial charge on any atom is -0.601 e. The van der Waals surface area contributed by atoms with Crippen LogP contribution in [0.3, 0.4) is 0 Å². The van der Waals surface area contributed by atoms with Gasteiger partial charge in [-0.15, -0.1) is 0 Å². The second kappa shape index (κ2) is 4.26. The normalized spacial score (nSPS) is 26.1. The van der Waals surface area contributed by atoms with Gasteiger partial charge in [0.05, 0.1) is 12.1 Å². The molecule has 2 N–H and O–H groups in total. The summed E-state index contributed by atoms with van der Waals surface area (Å²) in [5.74, 6) is 1.51. The van der Waals surface area contributed by atoms with Crippen LogP contribution in [0, 0.1) is 0 Å². The number of para-hydroxylation sites is 2. The molecular weight excluding hydrogens is 253 g/mol. The summed E-state index contributed by atoms with van der Waals surface area (Å²) < 4.78 is 18.0. The van der Waals surface area contributed by atoms with E-state index in [2.05, 4.69) is 24.3 Å². The van der Waals surface area contributed by atoms with Gasteiger partial charge in [0, 0.05) is 0 Å². The molecule has 2 aliphatic heterocycles. The molecule has 2 heterocycles. The summed E-state index contributed by atoms with van der Waals surface area (Å²) in [7, 11) is 0. The Morgan fingerprint density at radius 3 is 2.15 bits per heavy atom. The second-order valence-electron chi connectivity index (χ2n) is 5.40. The summed E-state index contributed by atoms with van der Waals surface area (Å²) in [6, 6.07) is 18.1. The van der Waals surface area contributed by atoms with Gasteiger partial charge in [-0.2, -0.15) is 0 Å². The van der Waals surface area contributed by atoms with E-state index in [9.17, 15) is 0 Å². The van der Waals surface area contributed by atoms with Crippen LogP contribution in [0.15, 0.2) is 54.6 Å². The first-order valence-corrected chi connectivity index (χ1v) is 6.96. The van der Waals surface area contributed by atoms with Crippen LogP contribution >= 0.6 is 0 Å². The SMILES string of the molecule is C[C@@H]1[NH2+][B-]2(Oc3ccccc3O2)O[C@@H]1c1ccccc1. The van der Waals surface area contributed by atoms with Gasteiger partial charge in [-0.25, -0.2) is 0 Å². The second-order valence-corrected chi connectivity index (χ2v) is 5.40. The van der Waals surface area contributed by atoms with Crippen LogP contribution in [-0.2, 0) is 4.65 Å². The number of benzene rings is 2. The average molecular weight is 269 g/mol. The Balaban J connectivity index is 1.62. The first-order chi connectivity index (χ1) is 9.76. The predicted molar refractivity (Wildman–Crippen MR) is 75.1 cm³/mol. The fraction of sp³-hybridized carbons (Fsp3) is 0.200. The van der Waals surface area contributed by atoms with E-state index < -0.39 is 6.89 Å². The van der Waals surface area contributed by atoms with Crippen molar-refractivity contribution in [2.75, 3.05) is 0 Å². The third kappa shape index (κ3) is 1.78. The highest BCUT2D eigenvalue weighted by Gasteiger charge is 2.57. The van der Waals surface area contributed by atoms with Gasteiger partial charge in [-0.05, 0) is 24.6 Å². The Morgan fingerprint density at radius 2 is 1.50 bits per heavy atom. The lowest BCUT2D eigenvalue weighted by Gasteiger charge is -2.23. The third-order valence-corrected chi connectivity index (χ3v) is 3.91. The van der Waals surface area contributed by atoms with Crippen LogP contribution in [0.25, 0.3) is 0 Å². The molecule has 0 amide bonds. The number of quaternary nitrogens is 1. The van der Waals surface area contributed by atoms with E-state index in [4.69, 9.17) is 14.0 Å². The molecule has 2 aliphatic rings. The molecular formula is C15H16BNO3. The summed E-state index contributed by atoms with van der Waals surface area (Å²) in [6.07, 6.45) is -0.0227. The molecule has 102 valence electrons. The molecule has 4 nitrogen and oxygen atoms in total. The zero-order chi connectivity index (χ0) is 13.6. The fourth-order valence-electron chi connectivity index (χ4n) is 3.03. The van der Waals surface area contributed by atoms with E-state index in [0.717, 1.165) is 17.1 Å². The summed E-state index contributed by atoms with van der Waals surface area (Å²) in [5.41, 5.74) is 1.15. The largest absolute Gasteiger partial charge is 0.738 e. The van der Waals surface area contributed by atoms with Gasteiger partial charge in [0.1, 0.15) is 11.5 Å². The van der Waals surface area contributed by atoms with Crippen LogP contribution in [0.1, 0.15) is 18.6 Å². The minimum atomic E-state index is -1.81. The van der Waals surface area contributed by atoms with Gasteiger partial charge >= 0.3 is 6.89 Å². The zero-order valence-electron chi connectivity index (χ0n) is 11.2. The van der Waals surface area contributed by atoms with E-state index in [1.54, 1.807) is 0 Å². The zero-order valence-corrected chi connectivity index (χ0v) is 11.2. The van der Waals surface area contributed by atoms with E-state index in [1.165, 1.54) is 0 Å². The standard InChI is InChI=1S/C15H16BNO3/c1-11-15(12-7-3-2-4-8-12)20-16(17-11)18-13-9-5-6-10-14(13)19-16/h2-11,15H,17H2,1H3/t11-,15-/m0/s1. The molecule has 20 heavy (non-hydrogen) atoms. The van der Waals surface area contributed by atoms with Gasteiger partial charge < -0.3 is 19.2 Å². The fourth-order valence-corrected chi connectivity index (χ4v) is 3.03. The molecule has 4 rings (SSSR count). The molecule has 0 bridgehead atoms. The van der Waals surface area contributed by atoms with Crippen molar-refractivity contribution in [1.29, 1.82) is 0 Å². The topological polar surface area (TPSA) is 44.3 Å². The van der Waals surface area contributed by atoms with Crippen molar-refractivity contribution in [3.05, 3.63) is 60.2 Å². The number of hydrogen-bond acceptors (Lipinski definition) is 3. The van der Waals surface area contributed by atoms with Gasteiger partial charge in [-0.3, -0.25) is 0 Å². The van der Waals surface area contributed by atoms with Crippen molar-refractivity contribution in [1.82, 2.24) is 0 Å². The predicted octanol–water partition coefficient (Wildman–Crippen LogP) is 1.62. The summed E-state index contributed by atoms with van der Waals surface area (Å²) in [6.45, 7) is 0.316. The Kier molecular flexibility index (Phi) is 2.52. The molecule has 0 saturated carbocycles. The number of nitrogens with two attached hydrogens (primary N) is 1. The quantitative estimate of drug-likeness (QED) is 0.800. The van der Waals surface area contributed by atoms with Crippen LogP contribution in [-0.4, -0.2) is 12.9 Å². The maximum atomic E-state index is 6.15. The van der Waals surface area contributed by atoms with Gasteiger partial charge in [0.15, 0.2) is 0 Å². The van der Waals surface area contributed by atoms with Crippen molar-refractivity contribution in [2.24, 2.45) is 0 Å². The first kappa shape index (κ1) is 11.8. The van der Waals surface area contributed by atoms with Crippen molar-refractivity contribution in [3.63, 3.8) is 0 Å². The van der Waals surface area contributed by atoms with Crippen LogP contribution in [0.2, 0.25) is 0 Å². The Hall–Kier alpha value is -1.98. The van der Waals surface area contributed by atoms with Crippen molar-refractivity contribution in [3.8, 4) is 11.5 Å². The highest BCUT2D eigenvalue weighted by molar-refractivity contribution is 6.54. The Labute approximate surface area is 117 Å². The highest BCUT2D eigenvalue weighted by atomic mass is 16.8. The molecule has 1 saturated heterocycles. The highest BCUT2D eigenvalue weighted by Crippen LogP contribution is 2.39. The van der Waals surface area contributed by atoms with E-state index in [0.29, 0.717) is 0 Å². The molecule has 0 unspecified atom stereocenters. The monoisotopic (exact) mass is 269 g/mol. The van der Waals surface area contributed by atoms with Crippen molar-refractivity contribution < 1.29 is 19.2 Å².